The van der Waals surface area contributed by atoms with Gasteiger partial charge in [-0.15, -0.1) is 11.3 Å². The molecule has 2 aromatic rings. The fourth-order valence-electron chi connectivity index (χ4n) is 7.39. The van der Waals surface area contributed by atoms with Gasteiger partial charge in [0.15, 0.2) is 0 Å². The van der Waals surface area contributed by atoms with E-state index in [1.165, 1.54) is 30.6 Å². The lowest BCUT2D eigenvalue weighted by Gasteiger charge is -2.55. The molecule has 2 heterocycles. The fourth-order valence-corrected chi connectivity index (χ4v) is 10.5. The summed E-state index contributed by atoms with van der Waals surface area (Å²) >= 11 is 1.35. The van der Waals surface area contributed by atoms with E-state index in [0.29, 0.717) is 23.8 Å². The quantitative estimate of drug-likeness (QED) is 0.694. The molecule has 7 rings (SSSR count). The molecular weight excluding hydrogens is 440 g/mol. The third kappa shape index (κ3) is 3.51. The van der Waals surface area contributed by atoms with Crippen LogP contribution in [-0.2, 0) is 14.8 Å². The lowest BCUT2D eigenvalue weighted by atomic mass is 9.49. The van der Waals surface area contributed by atoms with Crippen molar-refractivity contribution in [1.82, 2.24) is 9.62 Å². The summed E-state index contributed by atoms with van der Waals surface area (Å²) in [5, 5.41) is 4.26. The lowest BCUT2D eigenvalue weighted by Crippen LogP contribution is -2.54. The first kappa shape index (κ1) is 21.1. The Morgan fingerprint density at radius 3 is 2.50 bits per heavy atom. The number of nitrogens with one attached hydrogen (secondary N) is 1. The normalized spacial score (nSPS) is 34.4. The van der Waals surface area contributed by atoms with Gasteiger partial charge in [-0.2, -0.15) is 4.31 Å². The Hall–Kier alpha value is -1.44. The van der Waals surface area contributed by atoms with Gasteiger partial charge < -0.3 is 5.32 Å². The molecule has 5 aliphatic rings. The van der Waals surface area contributed by atoms with Crippen LogP contribution in [0.4, 0.5) is 0 Å². The number of amides is 1. The molecule has 4 saturated carbocycles. The van der Waals surface area contributed by atoms with Crippen molar-refractivity contribution in [1.29, 1.82) is 0 Å². The van der Waals surface area contributed by atoms with E-state index in [9.17, 15) is 13.2 Å². The molecule has 7 heteroatoms. The van der Waals surface area contributed by atoms with Crippen LogP contribution in [0, 0.1) is 36.0 Å². The number of hydrogen-bond donors (Lipinski definition) is 1. The van der Waals surface area contributed by atoms with Gasteiger partial charge in [0.25, 0.3) is 10.0 Å². The SMILES string of the molecule is Cc1ccc2sc(S(=O)(=O)N3CCC(CNC(=O)C45CC6CC(CC(C6)C4)C5)C3)cc2c1. The van der Waals surface area contributed by atoms with Gasteiger partial charge in [0, 0.05) is 29.7 Å². The van der Waals surface area contributed by atoms with Gasteiger partial charge in [-0.1, -0.05) is 17.7 Å². The number of benzene rings is 1. The number of fused-ring (bicyclic) bond motifs is 1. The molecule has 4 aliphatic carbocycles. The number of nitrogens with zero attached hydrogens (tertiary/aromatic N) is 1. The maximum atomic E-state index is 13.3. The second-order valence-corrected chi connectivity index (χ2v) is 14.3. The van der Waals surface area contributed by atoms with Gasteiger partial charge in [0.05, 0.1) is 0 Å². The van der Waals surface area contributed by atoms with Gasteiger partial charge in [-0.3, -0.25) is 4.79 Å². The van der Waals surface area contributed by atoms with Crippen LogP contribution in [-0.4, -0.2) is 38.3 Å². The summed E-state index contributed by atoms with van der Waals surface area (Å²) in [4.78, 5) is 13.2. The van der Waals surface area contributed by atoms with Crippen LogP contribution in [0.15, 0.2) is 28.5 Å². The lowest BCUT2D eigenvalue weighted by molar-refractivity contribution is -0.146. The van der Waals surface area contributed by atoms with Gasteiger partial charge in [-0.05, 0) is 93.1 Å². The maximum Gasteiger partial charge on any atom is 0.252 e. The zero-order valence-corrected chi connectivity index (χ0v) is 20.3. The fraction of sp³-hybridized carbons (Fsp3) is 0.640. The van der Waals surface area contributed by atoms with E-state index in [1.54, 1.807) is 4.31 Å². The van der Waals surface area contributed by atoms with E-state index in [0.717, 1.165) is 59.1 Å². The Morgan fingerprint density at radius 2 is 1.81 bits per heavy atom. The minimum atomic E-state index is -3.48. The highest BCUT2D eigenvalue weighted by molar-refractivity contribution is 7.91. The number of carbonyl (C=O) groups is 1. The number of thiophene rings is 1. The van der Waals surface area contributed by atoms with Crippen LogP contribution >= 0.6 is 11.3 Å². The maximum absolute atomic E-state index is 13.3. The number of aryl methyl sites for hydroxylation is 1. The molecule has 32 heavy (non-hydrogen) atoms. The van der Waals surface area contributed by atoms with E-state index in [1.807, 2.05) is 31.2 Å². The predicted molar refractivity (Wildman–Crippen MR) is 127 cm³/mol. The van der Waals surface area contributed by atoms with Crippen LogP contribution in [0.5, 0.6) is 0 Å². The van der Waals surface area contributed by atoms with Crippen molar-refractivity contribution in [2.75, 3.05) is 19.6 Å². The van der Waals surface area contributed by atoms with Crippen LogP contribution in [0.3, 0.4) is 0 Å². The molecule has 1 saturated heterocycles. The highest BCUT2D eigenvalue weighted by Crippen LogP contribution is 2.60. The molecule has 4 bridgehead atoms. The molecule has 1 amide bonds. The standard InChI is InChI=1S/C25H32N2O3S2/c1-16-2-3-22-21(6-16)10-23(31-22)32(29,30)27-5-4-17(15-27)14-26-24(28)25-11-18-7-19(12-25)9-20(8-18)13-25/h2-3,6,10,17-20H,4-5,7-9,11-15H2,1H3,(H,26,28). The van der Waals surface area contributed by atoms with E-state index in [4.69, 9.17) is 0 Å². The molecule has 1 aliphatic heterocycles. The predicted octanol–water partition coefficient (Wildman–Crippen LogP) is 4.55. The zero-order chi connectivity index (χ0) is 22.1. The highest BCUT2D eigenvalue weighted by Gasteiger charge is 2.54. The zero-order valence-electron chi connectivity index (χ0n) is 18.7. The smallest absolute Gasteiger partial charge is 0.252 e. The molecule has 5 nitrogen and oxygen atoms in total. The van der Waals surface area contributed by atoms with E-state index < -0.39 is 10.0 Å². The molecule has 1 unspecified atom stereocenters. The van der Waals surface area contributed by atoms with Crippen molar-refractivity contribution in [3.05, 3.63) is 29.8 Å². The van der Waals surface area contributed by atoms with Gasteiger partial charge in [-0.25, -0.2) is 8.42 Å². The number of rotatable bonds is 5. The number of hydrogen-bond acceptors (Lipinski definition) is 4. The first-order chi connectivity index (χ1) is 15.3. The van der Waals surface area contributed by atoms with Crippen molar-refractivity contribution in [3.63, 3.8) is 0 Å². The van der Waals surface area contributed by atoms with E-state index in [2.05, 4.69) is 5.32 Å². The Kier molecular flexibility index (Phi) is 4.97. The van der Waals surface area contributed by atoms with Crippen LogP contribution in [0.25, 0.3) is 10.1 Å². The number of carbonyl (C=O) groups excluding carboxylic acids is 1. The third-order valence-corrected chi connectivity index (χ3v) is 12.0. The molecule has 0 spiro atoms. The van der Waals surface area contributed by atoms with Crippen molar-refractivity contribution in [2.24, 2.45) is 29.1 Å². The van der Waals surface area contributed by atoms with E-state index >= 15 is 0 Å². The average Bonchev–Trinajstić information content (AvgIpc) is 3.38. The van der Waals surface area contributed by atoms with Crippen LogP contribution in [0.1, 0.15) is 50.5 Å². The molecule has 0 radical (unpaired) electrons. The van der Waals surface area contributed by atoms with Gasteiger partial charge in [0.2, 0.25) is 5.91 Å². The summed E-state index contributed by atoms with van der Waals surface area (Å²) in [5.41, 5.74) is 1.00. The summed E-state index contributed by atoms with van der Waals surface area (Å²) in [7, 11) is -3.48. The summed E-state index contributed by atoms with van der Waals surface area (Å²) in [6.45, 7) is 3.65. The van der Waals surface area contributed by atoms with Gasteiger partial charge >= 0.3 is 0 Å². The summed E-state index contributed by atoms with van der Waals surface area (Å²) in [5.74, 6) is 2.70. The largest absolute Gasteiger partial charge is 0.355 e. The van der Waals surface area contributed by atoms with E-state index in [-0.39, 0.29) is 17.2 Å². The summed E-state index contributed by atoms with van der Waals surface area (Å²) < 4.78 is 29.6. The van der Waals surface area contributed by atoms with Crippen molar-refractivity contribution in [2.45, 2.75) is 56.1 Å². The molecule has 1 aromatic heterocycles. The second-order valence-electron chi connectivity index (χ2n) is 11.0. The summed E-state index contributed by atoms with van der Waals surface area (Å²) in [6.07, 6.45) is 8.02. The third-order valence-electron chi connectivity index (χ3n) is 8.56. The topological polar surface area (TPSA) is 66.5 Å². The second kappa shape index (κ2) is 7.54. The molecular formula is C25H32N2O3S2. The number of sulfonamides is 1. The van der Waals surface area contributed by atoms with Crippen LogP contribution in [0.2, 0.25) is 0 Å². The Labute approximate surface area is 194 Å². The molecule has 1 N–H and O–H groups in total. The van der Waals surface area contributed by atoms with Crippen molar-refractivity contribution < 1.29 is 13.2 Å². The monoisotopic (exact) mass is 472 g/mol. The van der Waals surface area contributed by atoms with Crippen molar-refractivity contribution >= 4 is 37.4 Å². The first-order valence-electron chi connectivity index (χ1n) is 12.1. The summed E-state index contributed by atoms with van der Waals surface area (Å²) in [6, 6.07) is 7.87. The minimum Gasteiger partial charge on any atom is -0.355 e. The van der Waals surface area contributed by atoms with Gasteiger partial charge in [0.1, 0.15) is 4.21 Å². The Balaban J connectivity index is 1.10. The highest BCUT2D eigenvalue weighted by atomic mass is 32.2. The molecule has 1 atom stereocenters. The average molecular weight is 473 g/mol. The van der Waals surface area contributed by atoms with Crippen LogP contribution < -0.4 is 5.32 Å². The molecule has 172 valence electrons. The first-order valence-corrected chi connectivity index (χ1v) is 14.3. The van der Waals surface area contributed by atoms with Crippen molar-refractivity contribution in [3.8, 4) is 0 Å². The molecule has 1 aromatic carbocycles. The Bertz CT molecular complexity index is 1130. The molecule has 5 fully saturated rings. The Morgan fingerprint density at radius 1 is 1.12 bits per heavy atom. The minimum absolute atomic E-state index is 0.131.